The van der Waals surface area contributed by atoms with Crippen molar-refractivity contribution >= 4 is 22.8 Å². The van der Waals surface area contributed by atoms with Gasteiger partial charge in [0.15, 0.2) is 0 Å². The lowest BCUT2D eigenvalue weighted by Crippen LogP contribution is -2.25. The summed E-state index contributed by atoms with van der Waals surface area (Å²) in [5.41, 5.74) is 0.500. The predicted molar refractivity (Wildman–Crippen MR) is 99.1 cm³/mol. The fourth-order valence-electron chi connectivity index (χ4n) is 3.54. The Kier molecular flexibility index (Phi) is 6.61. The first-order chi connectivity index (χ1) is 13.5. The number of fused-ring (bicyclic) bond motifs is 1. The summed E-state index contributed by atoms with van der Waals surface area (Å²) in [5, 5.41) is 0.0946. The molecule has 152 valence electrons. The van der Waals surface area contributed by atoms with Gasteiger partial charge in [-0.25, -0.2) is 13.6 Å². The van der Waals surface area contributed by atoms with E-state index < -0.39 is 23.6 Å². The smallest absolute Gasteiger partial charge is 0.355 e. The summed E-state index contributed by atoms with van der Waals surface area (Å²) in [6.45, 7) is 4.74. The summed E-state index contributed by atoms with van der Waals surface area (Å²) in [7, 11) is 0. The lowest BCUT2D eigenvalue weighted by atomic mass is 10.0. The van der Waals surface area contributed by atoms with Gasteiger partial charge in [0, 0.05) is 24.4 Å². The molecular formula is C20H24F2N2O4. The number of aromatic amines is 1. The average Bonchev–Trinajstić information content (AvgIpc) is 3.27. The molecule has 0 saturated carbocycles. The molecule has 1 aliphatic rings. The first-order valence-electron chi connectivity index (χ1n) is 9.54. The van der Waals surface area contributed by atoms with Crippen molar-refractivity contribution < 1.29 is 27.8 Å². The summed E-state index contributed by atoms with van der Waals surface area (Å²) in [6, 6.07) is 1.87. The van der Waals surface area contributed by atoms with E-state index in [1.54, 1.807) is 6.92 Å². The zero-order chi connectivity index (χ0) is 20.1. The maximum Gasteiger partial charge on any atom is 0.355 e. The predicted octanol–water partition coefficient (Wildman–Crippen LogP) is 3.19. The number of H-pyrrole nitrogens is 1. The second-order valence-electron chi connectivity index (χ2n) is 6.78. The molecule has 0 spiro atoms. The van der Waals surface area contributed by atoms with Gasteiger partial charge in [-0.05, 0) is 50.9 Å². The zero-order valence-corrected chi connectivity index (χ0v) is 15.9. The molecule has 0 amide bonds. The van der Waals surface area contributed by atoms with Crippen LogP contribution in [0.25, 0.3) is 10.9 Å². The number of carbonyl (C=O) groups excluding carboxylic acids is 2. The highest BCUT2D eigenvalue weighted by atomic mass is 19.1. The van der Waals surface area contributed by atoms with Gasteiger partial charge in [0.2, 0.25) is 0 Å². The van der Waals surface area contributed by atoms with Gasteiger partial charge in [-0.3, -0.25) is 9.69 Å². The topological polar surface area (TPSA) is 71.6 Å². The molecule has 0 atom stereocenters. The van der Waals surface area contributed by atoms with Crippen molar-refractivity contribution in [1.82, 2.24) is 9.88 Å². The molecule has 2 heterocycles. The van der Waals surface area contributed by atoms with Gasteiger partial charge < -0.3 is 14.5 Å². The number of aryl methyl sites for hydroxylation is 1. The number of hydrogen-bond donors (Lipinski definition) is 1. The van der Waals surface area contributed by atoms with Crippen LogP contribution in [0, 0.1) is 11.6 Å². The molecule has 0 unspecified atom stereocenters. The van der Waals surface area contributed by atoms with E-state index in [2.05, 4.69) is 9.88 Å². The Labute approximate surface area is 161 Å². The molecule has 6 nitrogen and oxygen atoms in total. The minimum absolute atomic E-state index is 0.0222. The highest BCUT2D eigenvalue weighted by Gasteiger charge is 2.23. The lowest BCUT2D eigenvalue weighted by molar-refractivity contribution is -0.143. The maximum absolute atomic E-state index is 14.4. The van der Waals surface area contributed by atoms with Crippen LogP contribution in [0.3, 0.4) is 0 Å². The Morgan fingerprint density at radius 1 is 1.18 bits per heavy atom. The molecule has 1 N–H and O–H groups in total. The molecule has 8 heteroatoms. The van der Waals surface area contributed by atoms with Crippen LogP contribution in [0.4, 0.5) is 8.78 Å². The minimum Gasteiger partial charge on any atom is -0.466 e. The SMILES string of the molecule is CCOC(=O)CCc1c(C(=O)OCCN2CCCC2)[nH]c2cc(F)cc(F)c12. The molecule has 0 aliphatic carbocycles. The van der Waals surface area contributed by atoms with Crippen molar-refractivity contribution in [2.75, 3.05) is 32.8 Å². The third-order valence-electron chi connectivity index (χ3n) is 4.85. The molecule has 1 aromatic heterocycles. The fourth-order valence-corrected chi connectivity index (χ4v) is 3.54. The Balaban J connectivity index is 1.80. The maximum atomic E-state index is 14.4. The van der Waals surface area contributed by atoms with Crippen LogP contribution in [-0.2, 0) is 20.7 Å². The molecule has 1 aliphatic heterocycles. The fraction of sp³-hybridized carbons (Fsp3) is 0.500. The van der Waals surface area contributed by atoms with E-state index in [9.17, 15) is 18.4 Å². The van der Waals surface area contributed by atoms with Gasteiger partial charge in [-0.1, -0.05) is 0 Å². The van der Waals surface area contributed by atoms with Crippen LogP contribution in [0.15, 0.2) is 12.1 Å². The van der Waals surface area contributed by atoms with Gasteiger partial charge in [-0.2, -0.15) is 0 Å². The van der Waals surface area contributed by atoms with Crippen molar-refractivity contribution in [1.29, 1.82) is 0 Å². The van der Waals surface area contributed by atoms with E-state index in [1.807, 2.05) is 0 Å². The van der Waals surface area contributed by atoms with Gasteiger partial charge in [-0.15, -0.1) is 0 Å². The van der Waals surface area contributed by atoms with Crippen molar-refractivity contribution in [3.8, 4) is 0 Å². The van der Waals surface area contributed by atoms with Crippen LogP contribution in [-0.4, -0.2) is 54.7 Å². The van der Waals surface area contributed by atoms with Gasteiger partial charge in [0.1, 0.15) is 23.9 Å². The zero-order valence-electron chi connectivity index (χ0n) is 15.9. The number of hydrogen-bond acceptors (Lipinski definition) is 5. The Morgan fingerprint density at radius 2 is 1.93 bits per heavy atom. The quantitative estimate of drug-likeness (QED) is 0.697. The molecule has 1 fully saturated rings. The first kappa shape index (κ1) is 20.3. The van der Waals surface area contributed by atoms with Crippen molar-refractivity contribution in [2.24, 2.45) is 0 Å². The average molecular weight is 394 g/mol. The minimum atomic E-state index is -0.791. The third kappa shape index (κ3) is 4.67. The van der Waals surface area contributed by atoms with Crippen LogP contribution in [0.2, 0.25) is 0 Å². The monoisotopic (exact) mass is 394 g/mol. The number of ether oxygens (including phenoxy) is 2. The second kappa shape index (κ2) is 9.14. The number of benzene rings is 1. The molecule has 0 radical (unpaired) electrons. The first-order valence-corrected chi connectivity index (χ1v) is 9.54. The van der Waals surface area contributed by atoms with E-state index in [1.165, 1.54) is 0 Å². The van der Waals surface area contributed by atoms with Crippen LogP contribution in [0.1, 0.15) is 42.2 Å². The van der Waals surface area contributed by atoms with E-state index >= 15 is 0 Å². The Morgan fingerprint density at radius 3 is 2.64 bits per heavy atom. The van der Waals surface area contributed by atoms with E-state index in [0.29, 0.717) is 12.1 Å². The number of halogens is 2. The number of nitrogens with one attached hydrogen (secondary N) is 1. The summed E-state index contributed by atoms with van der Waals surface area (Å²) >= 11 is 0. The van der Waals surface area contributed by atoms with Crippen molar-refractivity contribution in [3.63, 3.8) is 0 Å². The number of nitrogens with zero attached hydrogens (tertiary/aromatic N) is 1. The second-order valence-corrected chi connectivity index (χ2v) is 6.78. The van der Waals surface area contributed by atoms with Gasteiger partial charge in [0.25, 0.3) is 0 Å². The lowest BCUT2D eigenvalue weighted by Gasteiger charge is -2.14. The molecule has 3 rings (SSSR count). The third-order valence-corrected chi connectivity index (χ3v) is 4.85. The molecule has 28 heavy (non-hydrogen) atoms. The van der Waals surface area contributed by atoms with Crippen LogP contribution >= 0.6 is 0 Å². The Bertz CT molecular complexity index is 859. The largest absolute Gasteiger partial charge is 0.466 e. The number of aromatic nitrogens is 1. The van der Waals surface area contributed by atoms with Crippen LogP contribution < -0.4 is 0 Å². The molecular weight excluding hydrogens is 370 g/mol. The molecule has 0 bridgehead atoms. The number of esters is 2. The normalized spacial score (nSPS) is 14.5. The Hall–Kier alpha value is -2.48. The van der Waals surface area contributed by atoms with Gasteiger partial charge in [0.05, 0.1) is 12.1 Å². The van der Waals surface area contributed by atoms with Crippen molar-refractivity contribution in [3.05, 3.63) is 35.0 Å². The number of carbonyl (C=O) groups is 2. The van der Waals surface area contributed by atoms with E-state index in [4.69, 9.17) is 9.47 Å². The summed E-state index contributed by atoms with van der Waals surface area (Å²) < 4.78 is 38.2. The number of likely N-dealkylation sites (tertiary alicyclic amines) is 1. The van der Waals surface area contributed by atoms with E-state index in [-0.39, 0.29) is 42.7 Å². The molecule has 1 saturated heterocycles. The molecule has 1 aromatic carbocycles. The highest BCUT2D eigenvalue weighted by Crippen LogP contribution is 2.28. The number of rotatable bonds is 8. The van der Waals surface area contributed by atoms with Crippen LogP contribution in [0.5, 0.6) is 0 Å². The standard InChI is InChI=1S/C20H24F2N2O4/c1-2-27-17(25)6-5-14-18-15(22)11-13(21)12-16(18)23-19(14)20(26)28-10-9-24-7-3-4-8-24/h11-12,23H,2-10H2,1H3. The summed E-state index contributed by atoms with van der Waals surface area (Å²) in [6.07, 6.45) is 2.33. The summed E-state index contributed by atoms with van der Waals surface area (Å²) in [5.74, 6) is -2.64. The highest BCUT2D eigenvalue weighted by molar-refractivity contribution is 5.98. The summed E-state index contributed by atoms with van der Waals surface area (Å²) in [4.78, 5) is 29.2. The van der Waals surface area contributed by atoms with Crippen molar-refractivity contribution in [2.45, 2.75) is 32.6 Å². The molecule has 2 aromatic rings. The van der Waals surface area contributed by atoms with Gasteiger partial charge >= 0.3 is 11.9 Å². The van der Waals surface area contributed by atoms with E-state index in [0.717, 1.165) is 38.1 Å².